The van der Waals surface area contributed by atoms with Gasteiger partial charge in [0.25, 0.3) is 0 Å². The highest BCUT2D eigenvalue weighted by molar-refractivity contribution is 5.89. The van der Waals surface area contributed by atoms with E-state index in [1.165, 1.54) is 0 Å². The summed E-state index contributed by atoms with van der Waals surface area (Å²) < 4.78 is 0. The van der Waals surface area contributed by atoms with E-state index in [0.717, 1.165) is 23.4 Å². The van der Waals surface area contributed by atoms with Gasteiger partial charge in [-0.05, 0) is 24.1 Å². The lowest BCUT2D eigenvalue weighted by Crippen LogP contribution is -2.38. The summed E-state index contributed by atoms with van der Waals surface area (Å²) in [6.45, 7) is 4.52. The molecule has 2 heterocycles. The maximum Gasteiger partial charge on any atom is 0.228 e. The van der Waals surface area contributed by atoms with Gasteiger partial charge < -0.3 is 15.1 Å². The average Bonchev–Trinajstić information content (AvgIpc) is 2.96. The predicted molar refractivity (Wildman–Crippen MR) is 105 cm³/mol. The predicted octanol–water partition coefficient (Wildman–Crippen LogP) is 3.05. The van der Waals surface area contributed by atoms with Crippen molar-refractivity contribution >= 4 is 17.5 Å². The van der Waals surface area contributed by atoms with Crippen LogP contribution in [0.3, 0.4) is 0 Å². The Kier molecular flexibility index (Phi) is 4.84. The Balaban J connectivity index is 1.46. The first-order chi connectivity index (χ1) is 13.1. The van der Waals surface area contributed by atoms with Gasteiger partial charge in [-0.2, -0.15) is 0 Å². The number of likely N-dealkylation sites (tertiary alicyclic amines) is 1. The van der Waals surface area contributed by atoms with E-state index in [9.17, 15) is 9.59 Å². The van der Waals surface area contributed by atoms with E-state index in [0.29, 0.717) is 26.1 Å². The van der Waals surface area contributed by atoms with Crippen molar-refractivity contribution in [1.82, 2.24) is 9.80 Å². The minimum Gasteiger partial charge on any atom is -0.383 e. The number of para-hydroxylation sites is 1. The van der Waals surface area contributed by atoms with Gasteiger partial charge in [-0.15, -0.1) is 0 Å². The fourth-order valence-electron chi connectivity index (χ4n) is 4.07. The molecule has 1 fully saturated rings. The monoisotopic (exact) mass is 363 g/mol. The molecule has 1 N–H and O–H groups in total. The van der Waals surface area contributed by atoms with E-state index in [4.69, 9.17) is 0 Å². The van der Waals surface area contributed by atoms with Crippen LogP contribution in [0.25, 0.3) is 0 Å². The highest BCUT2D eigenvalue weighted by Crippen LogP contribution is 2.30. The largest absolute Gasteiger partial charge is 0.383 e. The van der Waals surface area contributed by atoms with Crippen LogP contribution in [0.4, 0.5) is 5.69 Å². The molecule has 5 heteroatoms. The maximum atomic E-state index is 13.1. The maximum absolute atomic E-state index is 13.1. The molecule has 0 bridgehead atoms. The molecule has 2 atom stereocenters. The van der Waals surface area contributed by atoms with Crippen molar-refractivity contribution < 1.29 is 9.59 Å². The van der Waals surface area contributed by atoms with Crippen molar-refractivity contribution in [3.8, 4) is 0 Å². The van der Waals surface area contributed by atoms with Crippen molar-refractivity contribution in [3.05, 3.63) is 65.7 Å². The van der Waals surface area contributed by atoms with Crippen molar-refractivity contribution in [2.75, 3.05) is 25.0 Å². The number of hydrogen-bond donors (Lipinski definition) is 1. The minimum atomic E-state index is -0.256. The van der Waals surface area contributed by atoms with Gasteiger partial charge in [-0.25, -0.2) is 0 Å². The van der Waals surface area contributed by atoms with Crippen LogP contribution in [-0.4, -0.2) is 41.2 Å². The second-order valence-corrected chi connectivity index (χ2v) is 7.38. The fraction of sp³-hybridized carbons (Fsp3) is 0.364. The lowest BCUT2D eigenvalue weighted by Gasteiger charge is -2.27. The second kappa shape index (κ2) is 7.43. The van der Waals surface area contributed by atoms with Gasteiger partial charge in [-0.1, -0.05) is 48.5 Å². The fourth-order valence-corrected chi connectivity index (χ4v) is 4.07. The van der Waals surface area contributed by atoms with Gasteiger partial charge in [0.15, 0.2) is 0 Å². The number of nitrogens with zero attached hydrogens (tertiary/aromatic N) is 2. The molecule has 2 aromatic rings. The van der Waals surface area contributed by atoms with Gasteiger partial charge >= 0.3 is 0 Å². The molecule has 2 aliphatic heterocycles. The molecule has 27 heavy (non-hydrogen) atoms. The average molecular weight is 363 g/mol. The topological polar surface area (TPSA) is 52.7 Å². The van der Waals surface area contributed by atoms with Crippen LogP contribution in [0.5, 0.6) is 0 Å². The first kappa shape index (κ1) is 17.6. The summed E-state index contributed by atoms with van der Waals surface area (Å²) in [5, 5.41) is 3.39. The zero-order chi connectivity index (χ0) is 18.8. The molecular weight excluding hydrogens is 338 g/mol. The van der Waals surface area contributed by atoms with E-state index >= 15 is 0 Å². The Morgan fingerprint density at radius 3 is 2.67 bits per heavy atom. The summed E-state index contributed by atoms with van der Waals surface area (Å²) in [5.74, 6) is -0.100. The van der Waals surface area contributed by atoms with E-state index < -0.39 is 0 Å². The van der Waals surface area contributed by atoms with Crippen LogP contribution < -0.4 is 5.32 Å². The van der Waals surface area contributed by atoms with E-state index in [2.05, 4.69) is 11.4 Å². The molecule has 4 rings (SSSR count). The number of carbonyl (C=O) groups excluding carboxylic acids is 2. The Hall–Kier alpha value is -2.82. The van der Waals surface area contributed by atoms with Gasteiger partial charge in [-0.3, -0.25) is 9.59 Å². The van der Waals surface area contributed by atoms with Crippen molar-refractivity contribution in [3.63, 3.8) is 0 Å². The zero-order valence-electron chi connectivity index (χ0n) is 15.6. The van der Waals surface area contributed by atoms with Crippen molar-refractivity contribution in [2.45, 2.75) is 25.9 Å². The number of anilines is 1. The molecule has 2 aromatic carbocycles. The molecule has 0 aliphatic carbocycles. The van der Waals surface area contributed by atoms with Crippen LogP contribution in [-0.2, 0) is 16.1 Å². The first-order valence-corrected chi connectivity index (χ1v) is 9.58. The number of nitrogens with one attached hydrogen (secondary N) is 1. The number of amides is 2. The van der Waals surface area contributed by atoms with E-state index in [-0.39, 0.29) is 23.8 Å². The minimum absolute atomic E-state index is 0.0111. The molecule has 0 aromatic heterocycles. The molecule has 2 amide bonds. The molecular formula is C22H25N3O2. The highest BCUT2D eigenvalue weighted by atomic mass is 16.2. The number of fused-ring (bicyclic) bond motifs is 1. The quantitative estimate of drug-likeness (QED) is 0.912. The van der Waals surface area contributed by atoms with Crippen LogP contribution in [0.15, 0.2) is 54.6 Å². The number of benzene rings is 2. The Labute approximate surface area is 160 Å². The van der Waals surface area contributed by atoms with Crippen molar-refractivity contribution in [2.24, 2.45) is 5.92 Å². The molecule has 0 spiro atoms. The van der Waals surface area contributed by atoms with Crippen LogP contribution in [0.1, 0.15) is 30.5 Å². The summed E-state index contributed by atoms with van der Waals surface area (Å²) in [6, 6.07) is 18.1. The Bertz CT molecular complexity index is 836. The highest BCUT2D eigenvalue weighted by Gasteiger charge is 2.39. The normalized spacial score (nSPS) is 20.6. The smallest absolute Gasteiger partial charge is 0.228 e. The van der Waals surface area contributed by atoms with Gasteiger partial charge in [0.2, 0.25) is 11.8 Å². The van der Waals surface area contributed by atoms with Crippen LogP contribution in [0, 0.1) is 5.92 Å². The van der Waals surface area contributed by atoms with Crippen LogP contribution >= 0.6 is 0 Å². The lowest BCUT2D eigenvalue weighted by molar-refractivity contribution is -0.136. The third kappa shape index (κ3) is 3.54. The SMILES string of the molecule is C[C@@H](c1ccccc1)N1C[C@@H](C(=O)N2CCNc3ccccc3C2)CC1=O. The van der Waals surface area contributed by atoms with Crippen molar-refractivity contribution in [1.29, 1.82) is 0 Å². The molecule has 1 saturated heterocycles. The zero-order valence-corrected chi connectivity index (χ0v) is 15.6. The summed E-state index contributed by atoms with van der Waals surface area (Å²) in [4.78, 5) is 29.5. The summed E-state index contributed by atoms with van der Waals surface area (Å²) in [7, 11) is 0. The summed E-state index contributed by atoms with van der Waals surface area (Å²) >= 11 is 0. The molecule has 5 nitrogen and oxygen atoms in total. The second-order valence-electron chi connectivity index (χ2n) is 7.38. The molecule has 2 aliphatic rings. The first-order valence-electron chi connectivity index (χ1n) is 9.58. The molecule has 0 saturated carbocycles. The van der Waals surface area contributed by atoms with Gasteiger partial charge in [0.05, 0.1) is 12.0 Å². The standard InChI is InChI=1S/C22H25N3O2/c1-16(17-7-3-2-4-8-17)25-15-19(13-21(25)26)22(27)24-12-11-23-20-10-6-5-9-18(20)14-24/h2-10,16,19,23H,11-15H2,1H3/t16-,19-/m0/s1. The van der Waals surface area contributed by atoms with Gasteiger partial charge in [0.1, 0.15) is 0 Å². The van der Waals surface area contributed by atoms with Crippen LogP contribution in [0.2, 0.25) is 0 Å². The molecule has 140 valence electrons. The molecule has 0 unspecified atom stereocenters. The number of hydrogen-bond acceptors (Lipinski definition) is 3. The van der Waals surface area contributed by atoms with E-state index in [1.807, 2.05) is 65.3 Å². The Morgan fingerprint density at radius 2 is 1.85 bits per heavy atom. The summed E-state index contributed by atoms with van der Waals surface area (Å²) in [6.07, 6.45) is 0.307. The van der Waals surface area contributed by atoms with E-state index in [1.54, 1.807) is 0 Å². The number of rotatable bonds is 3. The third-order valence-corrected chi connectivity index (χ3v) is 5.64. The third-order valence-electron chi connectivity index (χ3n) is 5.64. The lowest BCUT2D eigenvalue weighted by atomic mass is 10.1. The van der Waals surface area contributed by atoms with Gasteiger partial charge in [0, 0.05) is 38.3 Å². The summed E-state index contributed by atoms with van der Waals surface area (Å²) in [5.41, 5.74) is 3.32. The molecule has 0 radical (unpaired) electrons. The Morgan fingerprint density at radius 1 is 1.11 bits per heavy atom. The number of carbonyl (C=O) groups is 2.